The number of hydrogen-bond donors (Lipinski definition) is 1. The zero-order valence-corrected chi connectivity index (χ0v) is 13.4. The Morgan fingerprint density at radius 2 is 2.12 bits per heavy atom. The summed E-state index contributed by atoms with van der Waals surface area (Å²) in [6.45, 7) is 1.49. The SMILES string of the molecule is CC(=O)n1c2c(c3ccccc31)OC(N)=C(C#N)[C@H]2c1cccnc1. The van der Waals surface area contributed by atoms with Crippen molar-refractivity contribution in [2.45, 2.75) is 12.8 Å². The number of aromatic nitrogens is 2. The van der Waals surface area contributed by atoms with Crippen LogP contribution in [0.1, 0.15) is 28.9 Å². The van der Waals surface area contributed by atoms with Gasteiger partial charge in [-0.3, -0.25) is 14.3 Å². The topological polar surface area (TPSA) is 93.9 Å². The van der Waals surface area contributed by atoms with Crippen LogP contribution in [0, 0.1) is 11.3 Å². The van der Waals surface area contributed by atoms with Crippen molar-refractivity contribution in [3.8, 4) is 11.8 Å². The summed E-state index contributed by atoms with van der Waals surface area (Å²) in [6.07, 6.45) is 3.33. The summed E-state index contributed by atoms with van der Waals surface area (Å²) in [5.41, 5.74) is 8.40. The van der Waals surface area contributed by atoms with E-state index in [1.165, 1.54) is 6.92 Å². The number of para-hydroxylation sites is 1. The molecule has 0 aliphatic carbocycles. The molecule has 25 heavy (non-hydrogen) atoms. The maximum Gasteiger partial charge on any atom is 0.228 e. The van der Waals surface area contributed by atoms with Gasteiger partial charge in [-0.25, -0.2) is 0 Å². The van der Waals surface area contributed by atoms with Crippen molar-refractivity contribution in [2.24, 2.45) is 5.73 Å². The summed E-state index contributed by atoms with van der Waals surface area (Å²) in [7, 11) is 0. The van der Waals surface area contributed by atoms with Gasteiger partial charge in [-0.2, -0.15) is 5.26 Å². The normalized spacial score (nSPS) is 16.2. The van der Waals surface area contributed by atoms with Crippen molar-refractivity contribution in [3.63, 3.8) is 0 Å². The van der Waals surface area contributed by atoms with Gasteiger partial charge in [0.2, 0.25) is 11.8 Å². The molecule has 1 aliphatic rings. The molecule has 6 heteroatoms. The number of allylic oxidation sites excluding steroid dienone is 1. The third-order valence-electron chi connectivity index (χ3n) is 4.36. The summed E-state index contributed by atoms with van der Waals surface area (Å²) >= 11 is 0. The summed E-state index contributed by atoms with van der Waals surface area (Å²) in [4.78, 5) is 16.6. The molecule has 0 saturated heterocycles. The molecule has 0 amide bonds. The van der Waals surface area contributed by atoms with Crippen LogP contribution in [-0.2, 0) is 0 Å². The summed E-state index contributed by atoms with van der Waals surface area (Å²) in [6, 6.07) is 13.2. The van der Waals surface area contributed by atoms with Crippen LogP contribution in [0.2, 0.25) is 0 Å². The molecule has 2 aromatic heterocycles. The van der Waals surface area contributed by atoms with Crippen LogP contribution < -0.4 is 10.5 Å². The number of rotatable bonds is 1. The van der Waals surface area contributed by atoms with Gasteiger partial charge >= 0.3 is 0 Å². The summed E-state index contributed by atoms with van der Waals surface area (Å²) in [5, 5.41) is 10.4. The number of nitriles is 1. The average molecular weight is 330 g/mol. The second-order valence-corrected chi connectivity index (χ2v) is 5.80. The summed E-state index contributed by atoms with van der Waals surface area (Å²) in [5.74, 6) is -0.113. The summed E-state index contributed by atoms with van der Waals surface area (Å²) < 4.78 is 7.36. The minimum absolute atomic E-state index is 0.0512. The molecule has 3 heterocycles. The van der Waals surface area contributed by atoms with E-state index in [1.54, 1.807) is 23.0 Å². The largest absolute Gasteiger partial charge is 0.438 e. The van der Waals surface area contributed by atoms with E-state index < -0.39 is 5.92 Å². The fraction of sp³-hybridized carbons (Fsp3) is 0.105. The lowest BCUT2D eigenvalue weighted by Gasteiger charge is -2.25. The van der Waals surface area contributed by atoms with Crippen molar-refractivity contribution >= 4 is 16.8 Å². The van der Waals surface area contributed by atoms with Gasteiger partial charge in [-0.1, -0.05) is 18.2 Å². The van der Waals surface area contributed by atoms with Gasteiger partial charge in [0.1, 0.15) is 11.6 Å². The van der Waals surface area contributed by atoms with Crippen molar-refractivity contribution in [2.75, 3.05) is 0 Å². The minimum Gasteiger partial charge on any atom is -0.438 e. The highest BCUT2D eigenvalue weighted by molar-refractivity contribution is 5.98. The van der Waals surface area contributed by atoms with Crippen LogP contribution in [0.25, 0.3) is 10.9 Å². The molecule has 2 N–H and O–H groups in total. The van der Waals surface area contributed by atoms with Gasteiger partial charge in [0, 0.05) is 24.7 Å². The Balaban J connectivity index is 2.13. The van der Waals surface area contributed by atoms with Crippen molar-refractivity contribution in [1.82, 2.24) is 9.55 Å². The lowest BCUT2D eigenvalue weighted by Crippen LogP contribution is -2.24. The third-order valence-corrected chi connectivity index (χ3v) is 4.36. The van der Waals surface area contributed by atoms with Gasteiger partial charge in [0.25, 0.3) is 0 Å². The van der Waals surface area contributed by atoms with E-state index in [9.17, 15) is 10.1 Å². The van der Waals surface area contributed by atoms with Crippen LogP contribution in [0.5, 0.6) is 5.75 Å². The highest BCUT2D eigenvalue weighted by Crippen LogP contribution is 2.46. The smallest absolute Gasteiger partial charge is 0.228 e. The number of carbonyl (C=O) groups is 1. The highest BCUT2D eigenvalue weighted by atomic mass is 16.5. The molecule has 1 aliphatic heterocycles. The molecule has 0 radical (unpaired) electrons. The molecule has 3 aromatic rings. The molecular formula is C19H14N4O2. The number of benzene rings is 1. The zero-order chi connectivity index (χ0) is 17.6. The monoisotopic (exact) mass is 330 g/mol. The second-order valence-electron chi connectivity index (χ2n) is 5.80. The van der Waals surface area contributed by atoms with E-state index in [0.717, 1.165) is 16.5 Å². The van der Waals surface area contributed by atoms with E-state index >= 15 is 0 Å². The first-order chi connectivity index (χ1) is 12.1. The molecule has 0 unspecified atom stereocenters. The molecule has 1 atom stereocenters. The lowest BCUT2D eigenvalue weighted by molar-refractivity contribution is 0.0937. The van der Waals surface area contributed by atoms with Gasteiger partial charge in [0.05, 0.1) is 17.1 Å². The minimum atomic E-state index is -0.515. The van der Waals surface area contributed by atoms with E-state index in [-0.39, 0.29) is 17.4 Å². The maximum absolute atomic E-state index is 12.4. The standard InChI is InChI=1S/C19H14N4O2/c1-11(24)23-15-7-3-2-6-13(15)18-17(23)16(12-5-4-8-22-10-12)14(9-20)19(21)25-18/h2-8,10,16H,21H2,1H3/t16-/m1/s1. The number of nitrogens with zero attached hydrogens (tertiary/aromatic N) is 3. The molecular weight excluding hydrogens is 316 g/mol. The highest BCUT2D eigenvalue weighted by Gasteiger charge is 2.36. The first-order valence-corrected chi connectivity index (χ1v) is 7.75. The van der Waals surface area contributed by atoms with Crippen LogP contribution in [0.4, 0.5) is 0 Å². The van der Waals surface area contributed by atoms with Gasteiger partial charge in [-0.05, 0) is 23.8 Å². The molecule has 0 fully saturated rings. The maximum atomic E-state index is 12.4. The van der Waals surface area contributed by atoms with E-state index in [4.69, 9.17) is 10.5 Å². The van der Waals surface area contributed by atoms with Crippen molar-refractivity contribution < 1.29 is 9.53 Å². The van der Waals surface area contributed by atoms with Gasteiger partial charge in [0.15, 0.2) is 5.75 Å². The zero-order valence-electron chi connectivity index (χ0n) is 13.4. The van der Waals surface area contributed by atoms with Crippen LogP contribution in [-0.4, -0.2) is 15.5 Å². The number of nitrogens with two attached hydrogens (primary N) is 1. The fourth-order valence-corrected chi connectivity index (χ4v) is 3.37. The van der Waals surface area contributed by atoms with E-state index in [0.29, 0.717) is 11.4 Å². The predicted molar refractivity (Wildman–Crippen MR) is 91.8 cm³/mol. The quantitative estimate of drug-likeness (QED) is 0.740. The molecule has 4 rings (SSSR count). The Morgan fingerprint density at radius 3 is 2.80 bits per heavy atom. The molecule has 0 spiro atoms. The van der Waals surface area contributed by atoms with Crippen molar-refractivity contribution in [3.05, 3.63) is 71.5 Å². The van der Waals surface area contributed by atoms with Crippen LogP contribution >= 0.6 is 0 Å². The first kappa shape index (κ1) is 15.0. The van der Waals surface area contributed by atoms with Gasteiger partial charge < -0.3 is 10.5 Å². The molecule has 0 bridgehead atoms. The molecule has 0 saturated carbocycles. The van der Waals surface area contributed by atoms with E-state index in [1.807, 2.05) is 30.3 Å². The third kappa shape index (κ3) is 2.10. The molecule has 1 aromatic carbocycles. The second kappa shape index (κ2) is 5.49. The fourth-order valence-electron chi connectivity index (χ4n) is 3.37. The van der Waals surface area contributed by atoms with Gasteiger partial charge in [-0.15, -0.1) is 0 Å². The average Bonchev–Trinajstić information content (AvgIpc) is 2.95. The van der Waals surface area contributed by atoms with Crippen LogP contribution in [0.15, 0.2) is 60.2 Å². The number of hydrogen-bond acceptors (Lipinski definition) is 5. The van der Waals surface area contributed by atoms with E-state index in [2.05, 4.69) is 11.1 Å². The molecule has 122 valence electrons. The Hall–Kier alpha value is -3.59. The lowest BCUT2D eigenvalue weighted by atomic mass is 9.88. The molecule has 6 nitrogen and oxygen atoms in total. The number of ether oxygens (including phenoxy) is 1. The Kier molecular flexibility index (Phi) is 3.29. The van der Waals surface area contributed by atoms with Crippen LogP contribution in [0.3, 0.4) is 0 Å². The Morgan fingerprint density at radius 1 is 1.32 bits per heavy atom. The Bertz CT molecular complexity index is 1070. The number of fused-ring (bicyclic) bond motifs is 3. The number of carbonyl (C=O) groups excluding carboxylic acids is 1. The first-order valence-electron chi connectivity index (χ1n) is 7.75. The predicted octanol–water partition coefficient (Wildman–Crippen LogP) is 2.91. The van der Waals surface area contributed by atoms with Crippen molar-refractivity contribution in [1.29, 1.82) is 5.26 Å². The number of pyridine rings is 1. The Labute approximate surface area is 143 Å².